The Hall–Kier alpha value is -3.49. The molecule has 0 N–H and O–H groups in total. The number of methoxy groups -OCH3 is 1. The van der Waals surface area contributed by atoms with E-state index in [0.29, 0.717) is 24.6 Å². The molecule has 0 bridgehead atoms. The smallest absolute Gasteiger partial charge is 0.264 e. The first-order valence-corrected chi connectivity index (χ1v) is 11.8. The third-order valence-corrected chi connectivity index (χ3v) is 6.29. The van der Waals surface area contributed by atoms with E-state index in [4.69, 9.17) is 9.84 Å². The topological polar surface area (TPSA) is 50.6 Å². The fourth-order valence-electron chi connectivity index (χ4n) is 3.84. The highest BCUT2D eigenvalue weighted by Crippen LogP contribution is 2.34. The molecule has 0 unspecified atom stereocenters. The maximum Gasteiger partial charge on any atom is 0.264 e. The maximum absolute atomic E-state index is 13.6. The van der Waals surface area contributed by atoms with E-state index in [2.05, 4.69) is 0 Å². The molecule has 2 heterocycles. The van der Waals surface area contributed by atoms with Crippen LogP contribution in [0.4, 0.5) is 10.2 Å². The Bertz CT molecular complexity index is 1220. The summed E-state index contributed by atoms with van der Waals surface area (Å²) in [4.78, 5) is 17.8. The second kappa shape index (κ2) is 10.6. The molecule has 8 heteroatoms. The number of carbonyl (C=O) groups excluding carboxylic acids is 1. The van der Waals surface area contributed by atoms with Gasteiger partial charge in [0.05, 0.1) is 29.4 Å². The van der Waals surface area contributed by atoms with Crippen LogP contribution in [0.1, 0.15) is 15.2 Å². The Kier molecular flexibility index (Phi) is 7.40. The van der Waals surface area contributed by atoms with Crippen LogP contribution in [0.25, 0.3) is 16.9 Å². The van der Waals surface area contributed by atoms with E-state index >= 15 is 0 Å². The molecule has 0 aliphatic carbocycles. The molecule has 1 amide bonds. The first-order valence-electron chi connectivity index (χ1n) is 10.9. The highest BCUT2D eigenvalue weighted by molar-refractivity contribution is 7.12. The van der Waals surface area contributed by atoms with Crippen LogP contribution >= 0.6 is 11.3 Å². The van der Waals surface area contributed by atoms with Gasteiger partial charge in [-0.2, -0.15) is 5.10 Å². The summed E-state index contributed by atoms with van der Waals surface area (Å²) in [6.45, 7) is 1.20. The molecule has 6 nitrogen and oxygen atoms in total. The summed E-state index contributed by atoms with van der Waals surface area (Å²) in [5, 5.41) is 6.84. The van der Waals surface area contributed by atoms with Gasteiger partial charge in [0, 0.05) is 38.9 Å². The van der Waals surface area contributed by atoms with Crippen LogP contribution in [-0.2, 0) is 11.3 Å². The van der Waals surface area contributed by atoms with Crippen molar-refractivity contribution >= 4 is 23.1 Å². The number of carbonyl (C=O) groups is 1. The molecule has 4 rings (SSSR count). The Morgan fingerprint density at radius 2 is 1.79 bits per heavy atom. The predicted molar refractivity (Wildman–Crippen MR) is 134 cm³/mol. The van der Waals surface area contributed by atoms with Crippen LogP contribution in [-0.4, -0.2) is 54.9 Å². The van der Waals surface area contributed by atoms with Crippen molar-refractivity contribution in [2.75, 3.05) is 39.3 Å². The minimum atomic E-state index is -0.307. The molecule has 0 spiro atoms. The van der Waals surface area contributed by atoms with Gasteiger partial charge < -0.3 is 14.5 Å². The number of aromatic nitrogens is 2. The quantitative estimate of drug-likeness (QED) is 0.336. The number of nitrogens with zero attached hydrogens (tertiary/aromatic N) is 4. The van der Waals surface area contributed by atoms with Crippen LogP contribution in [0.3, 0.4) is 0 Å². The minimum Gasteiger partial charge on any atom is -0.383 e. The summed E-state index contributed by atoms with van der Waals surface area (Å²) in [6.07, 6.45) is 0. The fourth-order valence-corrected chi connectivity index (χ4v) is 4.53. The monoisotopic (exact) mass is 478 g/mol. The summed E-state index contributed by atoms with van der Waals surface area (Å²) in [5.41, 5.74) is 3.36. The molecule has 2 aromatic heterocycles. The van der Waals surface area contributed by atoms with Crippen molar-refractivity contribution in [2.45, 2.75) is 6.54 Å². The number of ether oxygens (including phenoxy) is 1. The summed E-state index contributed by atoms with van der Waals surface area (Å²) in [7, 11) is 5.51. The van der Waals surface area contributed by atoms with Crippen LogP contribution in [0.2, 0.25) is 0 Å². The van der Waals surface area contributed by atoms with Gasteiger partial charge in [0.1, 0.15) is 11.6 Å². The van der Waals surface area contributed by atoms with Gasteiger partial charge in [-0.25, -0.2) is 9.07 Å². The van der Waals surface area contributed by atoms with Gasteiger partial charge in [0.15, 0.2) is 0 Å². The molecule has 34 heavy (non-hydrogen) atoms. The standard InChI is InChI=1S/C26H27FN4O2S/c1-29(2)25-22(18-30(15-16-33-3)26(32)23-10-7-17-34-23)24(19-8-5-4-6-9-19)28-31(25)21-13-11-20(27)12-14-21/h4-14,17H,15-16,18H2,1-3H3. The van der Waals surface area contributed by atoms with Crippen molar-refractivity contribution in [3.8, 4) is 16.9 Å². The molecule has 0 radical (unpaired) electrons. The molecule has 0 saturated carbocycles. The average Bonchev–Trinajstić information content (AvgIpc) is 3.51. The number of benzene rings is 2. The Labute approximate surface area is 202 Å². The molecule has 176 valence electrons. The maximum atomic E-state index is 13.6. The van der Waals surface area contributed by atoms with Gasteiger partial charge in [0.25, 0.3) is 5.91 Å². The van der Waals surface area contributed by atoms with E-state index in [0.717, 1.165) is 28.3 Å². The molecule has 0 atom stereocenters. The summed E-state index contributed by atoms with van der Waals surface area (Å²) >= 11 is 1.42. The fraction of sp³-hybridized carbons (Fsp3) is 0.231. The summed E-state index contributed by atoms with van der Waals surface area (Å²) in [6, 6.07) is 19.8. The van der Waals surface area contributed by atoms with E-state index in [9.17, 15) is 9.18 Å². The Balaban J connectivity index is 1.86. The van der Waals surface area contributed by atoms with E-state index in [-0.39, 0.29) is 11.7 Å². The van der Waals surface area contributed by atoms with Crippen LogP contribution in [0, 0.1) is 5.82 Å². The normalized spacial score (nSPS) is 10.9. The zero-order valence-electron chi connectivity index (χ0n) is 19.4. The lowest BCUT2D eigenvalue weighted by Crippen LogP contribution is -2.33. The van der Waals surface area contributed by atoms with Crippen molar-refractivity contribution in [1.82, 2.24) is 14.7 Å². The molecular weight excluding hydrogens is 451 g/mol. The Morgan fingerprint density at radius 3 is 2.41 bits per heavy atom. The lowest BCUT2D eigenvalue weighted by Gasteiger charge is -2.24. The van der Waals surface area contributed by atoms with E-state index in [1.807, 2.05) is 66.8 Å². The molecule has 0 aliphatic rings. The average molecular weight is 479 g/mol. The number of rotatable bonds is 9. The van der Waals surface area contributed by atoms with Crippen molar-refractivity contribution < 1.29 is 13.9 Å². The molecule has 0 saturated heterocycles. The lowest BCUT2D eigenvalue weighted by atomic mass is 10.1. The lowest BCUT2D eigenvalue weighted by molar-refractivity contribution is 0.0686. The summed E-state index contributed by atoms with van der Waals surface area (Å²) in [5.74, 6) is 0.468. The number of hydrogen-bond acceptors (Lipinski definition) is 5. The van der Waals surface area contributed by atoms with Gasteiger partial charge in [0.2, 0.25) is 0 Å². The van der Waals surface area contributed by atoms with Gasteiger partial charge in [-0.05, 0) is 35.7 Å². The zero-order valence-corrected chi connectivity index (χ0v) is 20.3. The van der Waals surface area contributed by atoms with Crippen molar-refractivity contribution in [3.05, 3.63) is 88.4 Å². The molecule has 0 aliphatic heterocycles. The van der Waals surface area contributed by atoms with Gasteiger partial charge in [-0.15, -0.1) is 11.3 Å². The van der Waals surface area contributed by atoms with E-state index < -0.39 is 0 Å². The van der Waals surface area contributed by atoms with Crippen LogP contribution in [0.15, 0.2) is 72.1 Å². The number of hydrogen-bond donors (Lipinski definition) is 0. The number of anilines is 1. The highest BCUT2D eigenvalue weighted by atomic mass is 32.1. The second-order valence-corrected chi connectivity index (χ2v) is 8.94. The molecule has 4 aromatic rings. The van der Waals surface area contributed by atoms with Crippen molar-refractivity contribution in [3.63, 3.8) is 0 Å². The number of amides is 1. The first kappa shape index (κ1) is 23.7. The molecule has 0 fully saturated rings. The second-order valence-electron chi connectivity index (χ2n) is 8.00. The number of thiophene rings is 1. The number of halogens is 1. The van der Waals surface area contributed by atoms with E-state index in [1.165, 1.54) is 23.5 Å². The summed E-state index contributed by atoms with van der Waals surface area (Å²) < 4.78 is 20.7. The highest BCUT2D eigenvalue weighted by Gasteiger charge is 2.26. The van der Waals surface area contributed by atoms with Crippen LogP contribution in [0.5, 0.6) is 0 Å². The predicted octanol–water partition coefficient (Wildman–Crippen LogP) is 5.09. The van der Waals surface area contributed by atoms with Crippen molar-refractivity contribution in [1.29, 1.82) is 0 Å². The zero-order chi connectivity index (χ0) is 24.1. The van der Waals surface area contributed by atoms with Gasteiger partial charge in [-0.3, -0.25) is 4.79 Å². The minimum absolute atomic E-state index is 0.0506. The van der Waals surface area contributed by atoms with E-state index in [1.54, 1.807) is 28.8 Å². The first-order chi connectivity index (χ1) is 16.5. The van der Waals surface area contributed by atoms with Gasteiger partial charge in [-0.1, -0.05) is 36.4 Å². The van der Waals surface area contributed by atoms with Gasteiger partial charge >= 0.3 is 0 Å². The van der Waals surface area contributed by atoms with Crippen molar-refractivity contribution in [2.24, 2.45) is 0 Å². The third kappa shape index (κ3) is 5.03. The molecule has 2 aromatic carbocycles. The largest absolute Gasteiger partial charge is 0.383 e. The molecular formula is C26H27FN4O2S. The third-order valence-electron chi connectivity index (χ3n) is 5.43. The Morgan fingerprint density at radius 1 is 1.06 bits per heavy atom. The van der Waals surface area contributed by atoms with Crippen LogP contribution < -0.4 is 4.90 Å². The SMILES string of the molecule is COCCN(Cc1c(-c2ccccc2)nn(-c2ccc(F)cc2)c1N(C)C)C(=O)c1cccs1.